The number of likely N-dealkylation sites (tertiary alicyclic amines) is 1. The molecule has 0 bridgehead atoms. The molecule has 1 heterocycles. The van der Waals surface area contributed by atoms with Gasteiger partial charge in [-0.05, 0) is 33.8 Å². The van der Waals surface area contributed by atoms with Gasteiger partial charge in [-0.25, -0.2) is 4.79 Å². The van der Waals surface area contributed by atoms with Crippen LogP contribution in [0, 0.1) is 5.92 Å². The Balaban J connectivity index is 2.26. The van der Waals surface area contributed by atoms with Crippen molar-refractivity contribution < 1.29 is 19.1 Å². The van der Waals surface area contributed by atoms with E-state index in [4.69, 9.17) is 4.74 Å². The van der Waals surface area contributed by atoms with Crippen molar-refractivity contribution in [1.82, 2.24) is 15.1 Å². The first-order valence-electron chi connectivity index (χ1n) is 7.82. The van der Waals surface area contributed by atoms with Gasteiger partial charge in [0.15, 0.2) is 0 Å². The van der Waals surface area contributed by atoms with Crippen LogP contribution in [0.5, 0.6) is 0 Å². The second-order valence-electron chi connectivity index (χ2n) is 6.61. The first-order chi connectivity index (χ1) is 10.7. The van der Waals surface area contributed by atoms with Crippen molar-refractivity contribution in [1.29, 1.82) is 0 Å². The lowest BCUT2D eigenvalue weighted by Gasteiger charge is -2.39. The Kier molecular flexibility index (Phi) is 6.60. The summed E-state index contributed by atoms with van der Waals surface area (Å²) in [4.78, 5) is 38.1. The number of likely N-dealkylation sites (N-methyl/N-ethyl adjacent to an activating group) is 1. The summed E-state index contributed by atoms with van der Waals surface area (Å²) < 4.78 is 5.27. The minimum atomic E-state index is -0.502. The van der Waals surface area contributed by atoms with E-state index >= 15 is 0 Å². The van der Waals surface area contributed by atoms with Crippen molar-refractivity contribution in [2.24, 2.45) is 5.92 Å². The number of ether oxygens (including phenoxy) is 1. The number of amides is 3. The van der Waals surface area contributed by atoms with Crippen LogP contribution in [0.4, 0.5) is 4.79 Å². The average Bonchev–Trinajstić information content (AvgIpc) is 2.40. The van der Waals surface area contributed by atoms with Crippen LogP contribution in [0.2, 0.25) is 0 Å². The molecule has 1 fully saturated rings. The molecule has 1 N–H and O–H groups in total. The molecule has 0 aromatic heterocycles. The third-order valence-electron chi connectivity index (χ3n) is 3.40. The molecule has 7 nitrogen and oxygen atoms in total. The molecule has 0 aromatic rings. The van der Waals surface area contributed by atoms with Crippen molar-refractivity contribution in [3.8, 4) is 0 Å². The van der Waals surface area contributed by atoms with E-state index in [-0.39, 0.29) is 30.4 Å². The summed E-state index contributed by atoms with van der Waals surface area (Å²) in [5.74, 6) is -0.253. The highest BCUT2D eigenvalue weighted by molar-refractivity contribution is 5.90. The van der Waals surface area contributed by atoms with Crippen LogP contribution < -0.4 is 5.32 Å². The number of carbonyl (C=O) groups is 3. The quantitative estimate of drug-likeness (QED) is 0.739. The Morgan fingerprint density at radius 1 is 1.35 bits per heavy atom. The van der Waals surface area contributed by atoms with E-state index in [1.54, 1.807) is 11.8 Å². The van der Waals surface area contributed by atoms with Crippen molar-refractivity contribution in [3.63, 3.8) is 0 Å². The van der Waals surface area contributed by atoms with Gasteiger partial charge in [-0.1, -0.05) is 6.58 Å². The fourth-order valence-corrected chi connectivity index (χ4v) is 2.14. The molecule has 130 valence electrons. The van der Waals surface area contributed by atoms with E-state index in [0.717, 1.165) is 0 Å². The predicted molar refractivity (Wildman–Crippen MR) is 86.8 cm³/mol. The molecule has 0 aromatic carbocycles. The second-order valence-corrected chi connectivity index (χ2v) is 6.61. The third kappa shape index (κ3) is 6.30. The first kappa shape index (κ1) is 19.0. The van der Waals surface area contributed by atoms with Gasteiger partial charge in [-0.15, -0.1) is 0 Å². The number of nitrogens with one attached hydrogen (secondary N) is 1. The van der Waals surface area contributed by atoms with Gasteiger partial charge in [0, 0.05) is 32.1 Å². The molecule has 1 aliphatic heterocycles. The molecule has 0 saturated carbocycles. The third-order valence-corrected chi connectivity index (χ3v) is 3.40. The van der Waals surface area contributed by atoms with E-state index in [9.17, 15) is 14.4 Å². The van der Waals surface area contributed by atoms with E-state index in [2.05, 4.69) is 11.9 Å². The first-order valence-corrected chi connectivity index (χ1v) is 7.82. The van der Waals surface area contributed by atoms with Crippen LogP contribution >= 0.6 is 0 Å². The molecule has 1 aliphatic rings. The molecule has 7 heteroatoms. The van der Waals surface area contributed by atoms with Crippen molar-refractivity contribution in [2.45, 2.75) is 33.3 Å². The fraction of sp³-hybridized carbons (Fsp3) is 0.688. The summed E-state index contributed by atoms with van der Waals surface area (Å²) in [5.41, 5.74) is -0.502. The van der Waals surface area contributed by atoms with Crippen LogP contribution in [-0.2, 0) is 14.3 Å². The van der Waals surface area contributed by atoms with Crippen molar-refractivity contribution >= 4 is 17.9 Å². The Bertz CT molecular complexity index is 464. The highest BCUT2D eigenvalue weighted by Crippen LogP contribution is 2.18. The molecule has 3 amide bonds. The zero-order chi connectivity index (χ0) is 17.6. The molecule has 23 heavy (non-hydrogen) atoms. The normalized spacial score (nSPS) is 14.7. The summed E-state index contributed by atoms with van der Waals surface area (Å²) in [6.07, 6.45) is 0.871. The topological polar surface area (TPSA) is 79.0 Å². The lowest BCUT2D eigenvalue weighted by atomic mass is 10.0. The number of carbonyl (C=O) groups excluding carboxylic acids is 3. The Hall–Kier alpha value is -2.05. The summed E-state index contributed by atoms with van der Waals surface area (Å²) in [6, 6.07) is 0. The smallest absolute Gasteiger partial charge is 0.410 e. The number of nitrogens with zero attached hydrogens (tertiary/aromatic N) is 2. The standard InChI is InChI=1S/C16H27N3O4/c1-6-14(21)18(7-2)11-13(20)17-8-12-9-19(10-12)15(22)23-16(3,4)5/h6,12H,1,7-11H2,2-5H3,(H,17,20). The van der Waals surface area contributed by atoms with E-state index in [1.807, 2.05) is 20.8 Å². The second kappa shape index (κ2) is 7.99. The lowest BCUT2D eigenvalue weighted by Crippen LogP contribution is -2.55. The lowest BCUT2D eigenvalue weighted by molar-refractivity contribution is -0.132. The zero-order valence-corrected chi connectivity index (χ0v) is 14.4. The van der Waals surface area contributed by atoms with Crippen molar-refractivity contribution in [3.05, 3.63) is 12.7 Å². The molecule has 0 spiro atoms. The number of hydrogen-bond donors (Lipinski definition) is 1. The molecule has 0 atom stereocenters. The summed E-state index contributed by atoms with van der Waals surface area (Å²) >= 11 is 0. The molecule has 1 saturated heterocycles. The van der Waals surface area contributed by atoms with Gasteiger partial charge in [0.1, 0.15) is 5.60 Å². The van der Waals surface area contributed by atoms with Gasteiger partial charge in [0.2, 0.25) is 11.8 Å². The predicted octanol–water partition coefficient (Wildman–Crippen LogP) is 1.00. The summed E-state index contributed by atoms with van der Waals surface area (Å²) in [5, 5.41) is 2.79. The Morgan fingerprint density at radius 3 is 2.43 bits per heavy atom. The van der Waals surface area contributed by atoms with Gasteiger partial charge in [-0.3, -0.25) is 9.59 Å². The van der Waals surface area contributed by atoms with Gasteiger partial charge < -0.3 is 19.9 Å². The zero-order valence-electron chi connectivity index (χ0n) is 14.4. The van der Waals surface area contributed by atoms with Crippen LogP contribution in [0.15, 0.2) is 12.7 Å². The minimum Gasteiger partial charge on any atom is -0.444 e. The highest BCUT2D eigenvalue weighted by atomic mass is 16.6. The van der Waals surface area contributed by atoms with Crippen molar-refractivity contribution in [2.75, 3.05) is 32.7 Å². The monoisotopic (exact) mass is 325 g/mol. The molecule has 0 radical (unpaired) electrons. The maximum atomic E-state index is 11.8. The van der Waals surface area contributed by atoms with E-state index in [0.29, 0.717) is 26.2 Å². The van der Waals surface area contributed by atoms with Gasteiger partial charge >= 0.3 is 6.09 Å². The highest BCUT2D eigenvalue weighted by Gasteiger charge is 2.33. The number of rotatable bonds is 6. The largest absolute Gasteiger partial charge is 0.444 e. The maximum Gasteiger partial charge on any atom is 0.410 e. The SMILES string of the molecule is C=CC(=O)N(CC)CC(=O)NCC1CN(C(=O)OC(C)(C)C)C1. The van der Waals surface area contributed by atoms with E-state index < -0.39 is 5.60 Å². The number of hydrogen-bond acceptors (Lipinski definition) is 4. The maximum absolute atomic E-state index is 11.8. The average molecular weight is 325 g/mol. The molecule has 0 aliphatic carbocycles. The van der Waals surface area contributed by atoms with Crippen LogP contribution in [0.3, 0.4) is 0 Å². The molecular weight excluding hydrogens is 298 g/mol. The minimum absolute atomic E-state index is 0.0177. The van der Waals surface area contributed by atoms with Gasteiger partial charge in [0.05, 0.1) is 6.54 Å². The van der Waals surface area contributed by atoms with Crippen LogP contribution in [-0.4, -0.2) is 66.0 Å². The van der Waals surface area contributed by atoms with Gasteiger partial charge in [-0.2, -0.15) is 0 Å². The van der Waals surface area contributed by atoms with Gasteiger partial charge in [0.25, 0.3) is 0 Å². The molecule has 0 unspecified atom stereocenters. The Labute approximate surface area is 137 Å². The Morgan fingerprint density at radius 2 is 1.96 bits per heavy atom. The van der Waals surface area contributed by atoms with E-state index in [1.165, 1.54) is 11.0 Å². The summed E-state index contributed by atoms with van der Waals surface area (Å²) in [7, 11) is 0. The molecular formula is C16H27N3O4. The summed E-state index contributed by atoms with van der Waals surface area (Å²) in [6.45, 7) is 12.8. The fourth-order valence-electron chi connectivity index (χ4n) is 2.14. The van der Waals surface area contributed by atoms with Crippen LogP contribution in [0.1, 0.15) is 27.7 Å². The molecule has 1 rings (SSSR count). The van der Waals surface area contributed by atoms with Crippen LogP contribution in [0.25, 0.3) is 0 Å².